The summed E-state index contributed by atoms with van der Waals surface area (Å²) in [4.78, 5) is 38.5. The number of carbonyl (C=O) groups excluding carboxylic acids is 3. The Bertz CT molecular complexity index is 1920. The zero-order valence-corrected chi connectivity index (χ0v) is 26.2. The molecule has 0 saturated carbocycles. The average molecular weight is 632 g/mol. The van der Waals surface area contributed by atoms with E-state index in [2.05, 4.69) is 17.2 Å². The maximum atomic E-state index is 13.3. The van der Waals surface area contributed by atoms with E-state index < -0.39 is 23.8 Å². The largest absolute Gasteiger partial charge is 0.489 e. The van der Waals surface area contributed by atoms with Gasteiger partial charge in [0, 0.05) is 16.8 Å². The van der Waals surface area contributed by atoms with Gasteiger partial charge in [0.05, 0.1) is 12.7 Å². The van der Waals surface area contributed by atoms with E-state index in [0.29, 0.717) is 43.2 Å². The number of carbonyl (C=O) groups is 3. The molecule has 47 heavy (non-hydrogen) atoms. The van der Waals surface area contributed by atoms with Gasteiger partial charge < -0.3 is 30.6 Å². The fourth-order valence-electron chi connectivity index (χ4n) is 5.45. The third kappa shape index (κ3) is 7.77. The standard InChI is InChI=1S/C38H37N3O6/c1-3-22-46-32-19-17-25-10-4-6-14-29(25)35(32)36-30-15-7-5-11-26(30)18-20-33(36)47-24-34(42)41-31(16-9-21-39)37(43)40-28-13-8-12-27(23-28)38(44)45-2/h3-8,10-15,17-20,23,31H,1,9,16,21-22,24,39H2,2H3,(H,40,43)(H,41,42)/t31-/m1/s1. The third-order valence-electron chi connectivity index (χ3n) is 7.65. The summed E-state index contributed by atoms with van der Waals surface area (Å²) in [5.74, 6) is -0.307. The topological polar surface area (TPSA) is 129 Å². The highest BCUT2D eigenvalue weighted by atomic mass is 16.5. The molecule has 4 N–H and O–H groups in total. The van der Waals surface area contributed by atoms with Crippen molar-refractivity contribution in [3.05, 3.63) is 115 Å². The van der Waals surface area contributed by atoms with Crippen molar-refractivity contribution in [1.29, 1.82) is 0 Å². The fraction of sp³-hybridized carbons (Fsp3) is 0.184. The molecular formula is C38H37N3O6. The lowest BCUT2D eigenvalue weighted by molar-refractivity contribution is -0.128. The normalized spacial score (nSPS) is 11.4. The van der Waals surface area contributed by atoms with Crippen LogP contribution in [0.15, 0.2) is 110 Å². The van der Waals surface area contributed by atoms with Gasteiger partial charge in [0.25, 0.3) is 5.91 Å². The number of nitrogens with two attached hydrogens (primary N) is 1. The van der Waals surface area contributed by atoms with Crippen LogP contribution in [-0.4, -0.2) is 50.7 Å². The van der Waals surface area contributed by atoms with E-state index in [4.69, 9.17) is 19.9 Å². The van der Waals surface area contributed by atoms with Crippen LogP contribution in [0.4, 0.5) is 5.69 Å². The van der Waals surface area contributed by atoms with Crippen molar-refractivity contribution >= 4 is 45.0 Å². The Kier molecular flexibility index (Phi) is 10.8. The predicted octanol–water partition coefficient (Wildman–Crippen LogP) is 6.25. The van der Waals surface area contributed by atoms with Crippen molar-refractivity contribution in [3.8, 4) is 22.6 Å². The van der Waals surface area contributed by atoms with E-state index in [0.717, 1.165) is 32.7 Å². The van der Waals surface area contributed by atoms with E-state index in [1.165, 1.54) is 13.2 Å². The highest BCUT2D eigenvalue weighted by molar-refractivity contribution is 6.10. The lowest BCUT2D eigenvalue weighted by Crippen LogP contribution is -2.45. The van der Waals surface area contributed by atoms with E-state index in [1.54, 1.807) is 24.3 Å². The molecule has 2 amide bonds. The minimum atomic E-state index is -0.885. The molecule has 0 aromatic heterocycles. The minimum absolute atomic E-state index is 0.289. The van der Waals surface area contributed by atoms with Gasteiger partial charge in [0.15, 0.2) is 6.61 Å². The van der Waals surface area contributed by atoms with Crippen LogP contribution in [-0.2, 0) is 14.3 Å². The van der Waals surface area contributed by atoms with Crippen LogP contribution in [0.2, 0.25) is 0 Å². The summed E-state index contributed by atoms with van der Waals surface area (Å²) in [5, 5.41) is 9.49. The third-order valence-corrected chi connectivity index (χ3v) is 7.65. The summed E-state index contributed by atoms with van der Waals surface area (Å²) in [6, 6.07) is 29.2. The molecule has 9 heteroatoms. The molecule has 0 bridgehead atoms. The first-order valence-corrected chi connectivity index (χ1v) is 15.3. The van der Waals surface area contributed by atoms with Crippen molar-refractivity contribution < 1.29 is 28.6 Å². The van der Waals surface area contributed by atoms with E-state index >= 15 is 0 Å². The SMILES string of the molecule is C=CCOc1ccc2ccccc2c1-c1c(OCC(=O)N[C@H](CCCN)C(=O)Nc2cccc(C(=O)OC)c2)ccc2ccccc12. The van der Waals surface area contributed by atoms with Crippen LogP contribution in [0.5, 0.6) is 11.5 Å². The highest BCUT2D eigenvalue weighted by Gasteiger charge is 2.23. The Morgan fingerprint density at radius 1 is 0.830 bits per heavy atom. The highest BCUT2D eigenvalue weighted by Crippen LogP contribution is 2.45. The molecule has 0 unspecified atom stereocenters. The van der Waals surface area contributed by atoms with Gasteiger partial charge in [-0.05, 0) is 71.3 Å². The first kappa shape index (κ1) is 32.7. The second-order valence-electron chi connectivity index (χ2n) is 10.8. The van der Waals surface area contributed by atoms with Crippen molar-refractivity contribution in [2.45, 2.75) is 18.9 Å². The average Bonchev–Trinajstić information content (AvgIpc) is 3.10. The summed E-state index contributed by atoms with van der Waals surface area (Å²) in [5.41, 5.74) is 8.04. The second kappa shape index (κ2) is 15.6. The molecule has 0 aliphatic carbocycles. The molecule has 9 nitrogen and oxygen atoms in total. The molecular weight excluding hydrogens is 594 g/mol. The van der Waals surface area contributed by atoms with Gasteiger partial charge >= 0.3 is 5.97 Å². The number of hydrogen-bond donors (Lipinski definition) is 3. The zero-order chi connectivity index (χ0) is 33.2. The Morgan fingerprint density at radius 2 is 1.47 bits per heavy atom. The van der Waals surface area contributed by atoms with Gasteiger partial charge in [-0.2, -0.15) is 0 Å². The van der Waals surface area contributed by atoms with Gasteiger partial charge in [0.2, 0.25) is 5.91 Å². The number of hydrogen-bond acceptors (Lipinski definition) is 7. The molecule has 0 aliphatic rings. The molecule has 0 fully saturated rings. The summed E-state index contributed by atoms with van der Waals surface area (Å²) in [7, 11) is 1.28. The minimum Gasteiger partial charge on any atom is -0.489 e. The van der Waals surface area contributed by atoms with Gasteiger partial charge in [-0.1, -0.05) is 79.4 Å². The molecule has 0 saturated heterocycles. The molecule has 0 spiro atoms. The van der Waals surface area contributed by atoms with Crippen LogP contribution in [0, 0.1) is 0 Å². The van der Waals surface area contributed by atoms with E-state index in [9.17, 15) is 14.4 Å². The summed E-state index contributed by atoms with van der Waals surface area (Å²) in [6.45, 7) is 4.11. The first-order valence-electron chi connectivity index (χ1n) is 15.3. The van der Waals surface area contributed by atoms with Gasteiger partial charge in [-0.15, -0.1) is 0 Å². The summed E-state index contributed by atoms with van der Waals surface area (Å²) < 4.78 is 17.1. The van der Waals surface area contributed by atoms with Crippen molar-refractivity contribution in [2.75, 3.05) is 32.2 Å². The van der Waals surface area contributed by atoms with Gasteiger partial charge in [-0.25, -0.2) is 4.79 Å². The van der Waals surface area contributed by atoms with Crippen LogP contribution in [0.1, 0.15) is 23.2 Å². The number of ether oxygens (including phenoxy) is 3. The zero-order valence-electron chi connectivity index (χ0n) is 26.2. The number of fused-ring (bicyclic) bond motifs is 2. The van der Waals surface area contributed by atoms with E-state index in [-0.39, 0.29) is 12.2 Å². The molecule has 5 aromatic rings. The Balaban J connectivity index is 1.42. The number of benzene rings is 5. The van der Waals surface area contributed by atoms with Crippen molar-refractivity contribution in [3.63, 3.8) is 0 Å². The molecule has 5 rings (SSSR count). The molecule has 240 valence electrons. The number of methoxy groups -OCH3 is 1. The number of anilines is 1. The number of esters is 1. The smallest absolute Gasteiger partial charge is 0.337 e. The summed E-state index contributed by atoms with van der Waals surface area (Å²) in [6.07, 6.45) is 2.51. The number of rotatable bonds is 14. The Hall–Kier alpha value is -5.67. The van der Waals surface area contributed by atoms with Gasteiger partial charge in [0.1, 0.15) is 24.1 Å². The molecule has 1 atom stereocenters. The van der Waals surface area contributed by atoms with Crippen molar-refractivity contribution in [2.24, 2.45) is 5.73 Å². The fourth-order valence-corrected chi connectivity index (χ4v) is 5.45. The second-order valence-corrected chi connectivity index (χ2v) is 10.8. The lowest BCUT2D eigenvalue weighted by atomic mass is 9.92. The monoisotopic (exact) mass is 631 g/mol. The van der Waals surface area contributed by atoms with Gasteiger partial charge in [-0.3, -0.25) is 9.59 Å². The number of nitrogens with one attached hydrogen (secondary N) is 2. The van der Waals surface area contributed by atoms with Crippen molar-refractivity contribution in [1.82, 2.24) is 5.32 Å². The van der Waals surface area contributed by atoms with Crippen LogP contribution in [0.25, 0.3) is 32.7 Å². The lowest BCUT2D eigenvalue weighted by Gasteiger charge is -2.21. The first-order chi connectivity index (χ1) is 22.9. The predicted molar refractivity (Wildman–Crippen MR) is 185 cm³/mol. The van der Waals surface area contributed by atoms with Crippen LogP contribution in [0.3, 0.4) is 0 Å². The Labute approximate surface area is 273 Å². The maximum Gasteiger partial charge on any atom is 0.337 e. The number of amides is 2. The quantitative estimate of drug-likeness (QED) is 0.0976. The van der Waals surface area contributed by atoms with E-state index in [1.807, 2.05) is 72.8 Å². The van der Waals surface area contributed by atoms with Crippen LogP contribution < -0.4 is 25.8 Å². The maximum absolute atomic E-state index is 13.3. The summed E-state index contributed by atoms with van der Waals surface area (Å²) >= 11 is 0. The molecule has 5 aromatic carbocycles. The molecule has 0 heterocycles. The molecule has 0 radical (unpaired) electrons. The molecule has 0 aliphatic heterocycles. The Morgan fingerprint density at radius 3 is 2.09 bits per heavy atom. The van der Waals surface area contributed by atoms with Crippen LogP contribution >= 0.6 is 0 Å².